The Hall–Kier alpha value is -2.36. The first kappa shape index (κ1) is 20.9. The van der Waals surface area contributed by atoms with E-state index in [1.165, 1.54) is 32.4 Å². The van der Waals surface area contributed by atoms with Crippen LogP contribution in [0.1, 0.15) is 26.2 Å². The van der Waals surface area contributed by atoms with E-state index in [9.17, 15) is 0 Å². The lowest BCUT2D eigenvalue weighted by Gasteiger charge is -2.31. The van der Waals surface area contributed by atoms with Crippen molar-refractivity contribution in [1.29, 1.82) is 0 Å². The van der Waals surface area contributed by atoms with E-state index in [0.717, 1.165) is 52.2 Å². The molecule has 0 aliphatic carbocycles. The van der Waals surface area contributed by atoms with Gasteiger partial charge in [0.1, 0.15) is 12.4 Å². The zero-order chi connectivity index (χ0) is 20.8. The Labute approximate surface area is 184 Å². The SMILES string of the molecule is CCC1CCN(CCOc2ccc(-c3ccc(-c4ccc(Cl)cc4)cn3)cc2)CC1. The van der Waals surface area contributed by atoms with Crippen molar-refractivity contribution in [3.05, 3.63) is 71.9 Å². The molecule has 1 fully saturated rings. The molecule has 0 saturated carbocycles. The highest BCUT2D eigenvalue weighted by molar-refractivity contribution is 6.30. The minimum Gasteiger partial charge on any atom is -0.492 e. The van der Waals surface area contributed by atoms with Gasteiger partial charge in [0, 0.05) is 28.9 Å². The van der Waals surface area contributed by atoms with Crippen LogP contribution in [0.15, 0.2) is 66.9 Å². The van der Waals surface area contributed by atoms with Crippen LogP contribution >= 0.6 is 11.6 Å². The van der Waals surface area contributed by atoms with Crippen LogP contribution in [-0.2, 0) is 0 Å². The molecule has 0 atom stereocenters. The molecule has 1 aromatic heterocycles. The maximum Gasteiger partial charge on any atom is 0.119 e. The van der Waals surface area contributed by atoms with E-state index >= 15 is 0 Å². The summed E-state index contributed by atoms with van der Waals surface area (Å²) in [5.41, 5.74) is 4.24. The molecule has 1 aliphatic rings. The van der Waals surface area contributed by atoms with E-state index in [0.29, 0.717) is 0 Å². The number of halogens is 1. The summed E-state index contributed by atoms with van der Waals surface area (Å²) in [5, 5.41) is 0.742. The van der Waals surface area contributed by atoms with Crippen molar-refractivity contribution in [1.82, 2.24) is 9.88 Å². The second-order valence-electron chi connectivity index (χ2n) is 8.01. The minimum atomic E-state index is 0.740. The summed E-state index contributed by atoms with van der Waals surface area (Å²) in [5.74, 6) is 1.84. The normalized spacial score (nSPS) is 15.3. The first-order valence-corrected chi connectivity index (χ1v) is 11.3. The van der Waals surface area contributed by atoms with Gasteiger partial charge >= 0.3 is 0 Å². The molecule has 1 aliphatic heterocycles. The highest BCUT2D eigenvalue weighted by Gasteiger charge is 2.17. The quantitative estimate of drug-likeness (QED) is 0.432. The number of rotatable bonds is 7. The number of aromatic nitrogens is 1. The minimum absolute atomic E-state index is 0.740. The highest BCUT2D eigenvalue weighted by Crippen LogP contribution is 2.25. The number of pyridine rings is 1. The van der Waals surface area contributed by atoms with Gasteiger partial charge in [-0.3, -0.25) is 9.88 Å². The van der Waals surface area contributed by atoms with Crippen LogP contribution in [0.3, 0.4) is 0 Å². The molecule has 0 unspecified atom stereocenters. The second-order valence-corrected chi connectivity index (χ2v) is 8.44. The number of ether oxygens (including phenoxy) is 1. The molecule has 30 heavy (non-hydrogen) atoms. The molecule has 0 spiro atoms. The predicted octanol–water partition coefficient (Wildman–Crippen LogP) is 6.57. The van der Waals surface area contributed by atoms with Crippen LogP contribution in [-0.4, -0.2) is 36.1 Å². The fraction of sp³-hybridized carbons (Fsp3) is 0.346. The molecule has 0 amide bonds. The van der Waals surface area contributed by atoms with Gasteiger partial charge in [-0.05, 0) is 79.9 Å². The average Bonchev–Trinajstić information content (AvgIpc) is 2.81. The first-order valence-electron chi connectivity index (χ1n) is 10.9. The van der Waals surface area contributed by atoms with E-state index < -0.39 is 0 Å². The molecule has 2 aromatic carbocycles. The van der Waals surface area contributed by atoms with Crippen molar-refractivity contribution in [2.75, 3.05) is 26.2 Å². The van der Waals surface area contributed by atoms with Crippen LogP contribution in [0.5, 0.6) is 5.75 Å². The Morgan fingerprint density at radius 2 is 1.57 bits per heavy atom. The summed E-state index contributed by atoms with van der Waals surface area (Å²) >= 11 is 5.97. The number of hydrogen-bond donors (Lipinski definition) is 0. The number of piperidine rings is 1. The lowest BCUT2D eigenvalue weighted by atomic mass is 9.94. The van der Waals surface area contributed by atoms with Crippen LogP contribution in [0, 0.1) is 5.92 Å². The van der Waals surface area contributed by atoms with E-state index in [1.807, 2.05) is 42.6 Å². The lowest BCUT2D eigenvalue weighted by Crippen LogP contribution is -2.36. The highest BCUT2D eigenvalue weighted by atomic mass is 35.5. The molecular formula is C26H29ClN2O. The predicted molar refractivity (Wildman–Crippen MR) is 125 cm³/mol. The summed E-state index contributed by atoms with van der Waals surface area (Å²) in [6.07, 6.45) is 5.88. The van der Waals surface area contributed by atoms with Crippen molar-refractivity contribution in [2.24, 2.45) is 5.92 Å². The van der Waals surface area contributed by atoms with Gasteiger partial charge in [-0.2, -0.15) is 0 Å². The fourth-order valence-corrected chi connectivity index (χ4v) is 4.14. The molecule has 1 saturated heterocycles. The van der Waals surface area contributed by atoms with E-state index in [2.05, 4.69) is 41.1 Å². The van der Waals surface area contributed by atoms with Gasteiger partial charge in [-0.15, -0.1) is 0 Å². The summed E-state index contributed by atoms with van der Waals surface area (Å²) < 4.78 is 5.97. The summed E-state index contributed by atoms with van der Waals surface area (Å²) in [7, 11) is 0. The topological polar surface area (TPSA) is 25.4 Å². The Morgan fingerprint density at radius 3 is 2.20 bits per heavy atom. The fourth-order valence-electron chi connectivity index (χ4n) is 4.01. The summed E-state index contributed by atoms with van der Waals surface area (Å²) in [6.45, 7) is 6.46. The molecule has 0 bridgehead atoms. The molecule has 2 heterocycles. The van der Waals surface area contributed by atoms with E-state index in [1.54, 1.807) is 0 Å². The van der Waals surface area contributed by atoms with Crippen LogP contribution in [0.4, 0.5) is 0 Å². The largest absolute Gasteiger partial charge is 0.492 e. The van der Waals surface area contributed by atoms with Crippen LogP contribution < -0.4 is 4.74 Å². The average molecular weight is 421 g/mol. The van der Waals surface area contributed by atoms with Crippen molar-refractivity contribution < 1.29 is 4.74 Å². The van der Waals surface area contributed by atoms with Gasteiger partial charge in [0.15, 0.2) is 0 Å². The number of benzene rings is 2. The molecule has 3 aromatic rings. The first-order chi connectivity index (χ1) is 14.7. The summed E-state index contributed by atoms with van der Waals surface area (Å²) in [4.78, 5) is 7.15. The maximum atomic E-state index is 5.97. The van der Waals surface area contributed by atoms with Crippen LogP contribution in [0.25, 0.3) is 22.4 Å². The molecule has 4 rings (SSSR count). The molecule has 0 radical (unpaired) electrons. The van der Waals surface area contributed by atoms with Gasteiger partial charge < -0.3 is 4.74 Å². The smallest absolute Gasteiger partial charge is 0.119 e. The number of nitrogens with zero attached hydrogens (tertiary/aromatic N) is 2. The van der Waals surface area contributed by atoms with Crippen molar-refractivity contribution in [2.45, 2.75) is 26.2 Å². The third kappa shape index (κ3) is 5.41. The molecule has 3 nitrogen and oxygen atoms in total. The van der Waals surface area contributed by atoms with Gasteiger partial charge in [0.2, 0.25) is 0 Å². The molecule has 4 heteroatoms. The monoisotopic (exact) mass is 420 g/mol. The van der Waals surface area contributed by atoms with Gasteiger partial charge in [0.25, 0.3) is 0 Å². The third-order valence-corrected chi connectivity index (χ3v) is 6.30. The lowest BCUT2D eigenvalue weighted by molar-refractivity contribution is 0.153. The second kappa shape index (κ2) is 10.1. The van der Waals surface area contributed by atoms with Crippen LogP contribution in [0.2, 0.25) is 5.02 Å². The van der Waals surface area contributed by atoms with Gasteiger partial charge in [-0.1, -0.05) is 43.1 Å². The Morgan fingerprint density at radius 1 is 0.900 bits per heavy atom. The molecular weight excluding hydrogens is 392 g/mol. The standard InChI is InChI=1S/C26H29ClN2O/c1-2-20-13-15-29(16-14-20)17-18-30-25-10-5-22(6-11-25)26-12-7-23(19-28-26)21-3-8-24(27)9-4-21/h3-12,19-20H,2,13-18H2,1H3. The summed E-state index contributed by atoms with van der Waals surface area (Å²) in [6, 6.07) is 20.2. The Balaban J connectivity index is 1.29. The zero-order valence-corrected chi connectivity index (χ0v) is 18.3. The van der Waals surface area contributed by atoms with Gasteiger partial charge in [-0.25, -0.2) is 0 Å². The number of likely N-dealkylation sites (tertiary alicyclic amines) is 1. The van der Waals surface area contributed by atoms with Crippen molar-refractivity contribution in [3.63, 3.8) is 0 Å². The Kier molecular flexibility index (Phi) is 7.03. The molecule has 0 N–H and O–H groups in total. The maximum absolute atomic E-state index is 5.97. The van der Waals surface area contributed by atoms with E-state index in [-0.39, 0.29) is 0 Å². The van der Waals surface area contributed by atoms with Gasteiger partial charge in [0.05, 0.1) is 5.69 Å². The number of hydrogen-bond acceptors (Lipinski definition) is 3. The van der Waals surface area contributed by atoms with E-state index in [4.69, 9.17) is 16.3 Å². The van der Waals surface area contributed by atoms with Crippen molar-refractivity contribution >= 4 is 11.6 Å². The molecule has 156 valence electrons. The zero-order valence-electron chi connectivity index (χ0n) is 17.6. The third-order valence-electron chi connectivity index (χ3n) is 6.05. The van der Waals surface area contributed by atoms with Crippen molar-refractivity contribution in [3.8, 4) is 28.1 Å². The Bertz CT molecular complexity index is 915.